The minimum absolute atomic E-state index is 0.0464. The number of ether oxygens (including phenoxy) is 4. The summed E-state index contributed by atoms with van der Waals surface area (Å²) in [4.78, 5) is 14.7. The van der Waals surface area contributed by atoms with Gasteiger partial charge in [-0.3, -0.25) is 9.69 Å². The number of carbonyl (C=O) groups is 1. The molecule has 5 saturated carbocycles. The summed E-state index contributed by atoms with van der Waals surface area (Å²) in [7, 11) is 0. The molecular weight excluding hydrogens is 620 g/mol. The second-order valence-corrected chi connectivity index (χ2v) is 19.9. The van der Waals surface area contributed by atoms with Crippen molar-refractivity contribution in [1.29, 1.82) is 0 Å². The number of nitrogens with one attached hydrogen (secondary N) is 1. The number of nitrogens with zero attached hydrogens (tertiary/aromatic N) is 1. The molecule has 0 unspecified atom stereocenters. The van der Waals surface area contributed by atoms with Gasteiger partial charge >= 0.3 is 5.97 Å². The fourth-order valence-corrected chi connectivity index (χ4v) is 14.5. The molecule has 8 rings (SSSR count). The third kappa shape index (κ3) is 4.97. The molecule has 9 heteroatoms. The molecule has 3 heterocycles. The van der Waals surface area contributed by atoms with Crippen molar-refractivity contribution < 1.29 is 34.0 Å². The minimum atomic E-state index is -1.25. The topological polar surface area (TPSA) is 110 Å². The third-order valence-electron chi connectivity index (χ3n) is 16.9. The highest BCUT2D eigenvalue weighted by molar-refractivity contribution is 5.66. The van der Waals surface area contributed by atoms with E-state index in [0.29, 0.717) is 23.7 Å². The van der Waals surface area contributed by atoms with Gasteiger partial charge in [0, 0.05) is 45.1 Å². The van der Waals surface area contributed by atoms with Gasteiger partial charge in [0.15, 0.2) is 12.4 Å². The number of carbonyl (C=O) groups excluding carboxylic acids is 1. The van der Waals surface area contributed by atoms with Gasteiger partial charge < -0.3 is 34.5 Å². The lowest BCUT2D eigenvalue weighted by Crippen LogP contribution is -2.60. The fourth-order valence-electron chi connectivity index (χ4n) is 14.5. The largest absolute Gasteiger partial charge is 0.457 e. The van der Waals surface area contributed by atoms with Gasteiger partial charge in [0.05, 0.1) is 36.6 Å². The second-order valence-electron chi connectivity index (χ2n) is 19.9. The Morgan fingerprint density at radius 1 is 1.06 bits per heavy atom. The summed E-state index contributed by atoms with van der Waals surface area (Å²) in [5.74, 6) is 1.91. The Morgan fingerprint density at radius 2 is 1.78 bits per heavy atom. The van der Waals surface area contributed by atoms with Crippen LogP contribution in [0, 0.1) is 56.7 Å². The van der Waals surface area contributed by atoms with Gasteiger partial charge in [0.1, 0.15) is 0 Å². The average molecular weight is 687 g/mol. The quantitative estimate of drug-likeness (QED) is 0.327. The molecule has 278 valence electrons. The molecule has 0 radical (unpaired) electrons. The third-order valence-corrected chi connectivity index (χ3v) is 16.9. The normalized spacial score (nSPS) is 51.3. The predicted molar refractivity (Wildman–Crippen MR) is 185 cm³/mol. The number of hydrogen-bond acceptors (Lipinski definition) is 9. The molecule has 0 aromatic rings. The van der Waals surface area contributed by atoms with Crippen molar-refractivity contribution >= 4 is 5.97 Å². The Bertz CT molecular complexity index is 1300. The average Bonchev–Trinajstić information content (AvgIpc) is 3.63. The molecule has 0 amide bonds. The van der Waals surface area contributed by atoms with Gasteiger partial charge in [0.2, 0.25) is 0 Å². The molecule has 3 N–H and O–H groups in total. The Balaban J connectivity index is 1.01. The first-order valence-corrected chi connectivity index (χ1v) is 19.9. The number of rotatable bonds is 7. The zero-order valence-electron chi connectivity index (χ0n) is 31.6. The minimum Gasteiger partial charge on any atom is -0.457 e. The van der Waals surface area contributed by atoms with Crippen LogP contribution in [0.25, 0.3) is 0 Å². The van der Waals surface area contributed by atoms with Crippen LogP contribution >= 0.6 is 0 Å². The molecule has 9 nitrogen and oxygen atoms in total. The molecule has 0 aromatic heterocycles. The van der Waals surface area contributed by atoms with Crippen molar-refractivity contribution in [3.8, 4) is 0 Å². The highest BCUT2D eigenvalue weighted by atomic mass is 16.7. The second kappa shape index (κ2) is 11.6. The van der Waals surface area contributed by atoms with Crippen LogP contribution in [0.4, 0.5) is 0 Å². The van der Waals surface area contributed by atoms with Crippen LogP contribution in [-0.2, 0) is 23.7 Å². The van der Waals surface area contributed by atoms with Gasteiger partial charge in [-0.05, 0) is 116 Å². The molecule has 14 atom stereocenters. The van der Waals surface area contributed by atoms with Crippen LogP contribution in [0.15, 0.2) is 0 Å². The molecule has 49 heavy (non-hydrogen) atoms. The summed E-state index contributed by atoms with van der Waals surface area (Å²) in [5, 5.41) is 27.1. The lowest BCUT2D eigenvalue weighted by molar-refractivity contribution is -0.249. The Hall–Kier alpha value is -0.810. The molecule has 3 aliphatic heterocycles. The first-order valence-electron chi connectivity index (χ1n) is 19.9. The standard InChI is InChI=1S/C40H66N2O7/c1-23-17-26(34(36(5,6)45)47-24(2)43)48-32-31(23)37(7)13-14-40-22-39(40)12-11-29(49-30-21-42(15-16-46-30)20-25-18-41-19-25)35(3,4)27(39)9-10-28(40)38(37,8)33(32)44/h23,25-34,41,44-45H,9-22H2,1-8H3/t23-,26-,27+,28+,29+,30+,31+,32+,33+,34+,37-,38-,39-,40+/m1/s1. The molecule has 2 spiro atoms. The van der Waals surface area contributed by atoms with E-state index in [-0.39, 0.29) is 52.0 Å². The molecular formula is C40H66N2O7. The number of esters is 1. The van der Waals surface area contributed by atoms with Crippen molar-refractivity contribution in [3.63, 3.8) is 0 Å². The van der Waals surface area contributed by atoms with E-state index in [1.165, 1.54) is 32.6 Å². The van der Waals surface area contributed by atoms with E-state index >= 15 is 0 Å². The Morgan fingerprint density at radius 3 is 2.45 bits per heavy atom. The summed E-state index contributed by atoms with van der Waals surface area (Å²) in [6.45, 7) is 23.0. The summed E-state index contributed by atoms with van der Waals surface area (Å²) in [6, 6.07) is 0. The number of aliphatic hydroxyl groups excluding tert-OH is 1. The van der Waals surface area contributed by atoms with Crippen molar-refractivity contribution in [2.45, 2.75) is 149 Å². The van der Waals surface area contributed by atoms with Crippen molar-refractivity contribution in [2.24, 2.45) is 56.7 Å². The van der Waals surface area contributed by atoms with Crippen LogP contribution in [0.1, 0.15) is 107 Å². The Kier molecular flexibility index (Phi) is 8.34. The number of aliphatic hydroxyl groups is 2. The number of morpholine rings is 1. The molecule has 8 fully saturated rings. The lowest BCUT2D eigenvalue weighted by Gasteiger charge is -2.64. The van der Waals surface area contributed by atoms with Crippen molar-refractivity contribution in [2.75, 3.05) is 39.3 Å². The van der Waals surface area contributed by atoms with Gasteiger partial charge in [-0.1, -0.05) is 34.6 Å². The summed E-state index contributed by atoms with van der Waals surface area (Å²) in [6.07, 6.45) is 6.88. The SMILES string of the molecule is CC(=O)O[C@@H]([C@H]1C[C@@H](C)[C@H]2[C@H](O1)[C@H](O)[C@@]1(C)[C@@H]3CC[C@H]4C(C)(C)[C@@H](O[C@H]5CN(CC6CNC6)CCO5)CC[C@@]45C[C@@]35CC[C@]21C)C(C)(C)O. The zero-order valence-corrected chi connectivity index (χ0v) is 31.6. The molecule has 0 bridgehead atoms. The molecule has 3 saturated heterocycles. The number of fused-ring (bicyclic) bond motifs is 4. The van der Waals surface area contributed by atoms with Crippen LogP contribution < -0.4 is 5.32 Å². The molecule has 0 aromatic carbocycles. The monoisotopic (exact) mass is 686 g/mol. The lowest BCUT2D eigenvalue weighted by atomic mass is 9.41. The number of hydrogen-bond donors (Lipinski definition) is 3. The predicted octanol–water partition coefficient (Wildman–Crippen LogP) is 4.77. The Labute approximate surface area is 294 Å². The fraction of sp³-hybridized carbons (Fsp3) is 0.975. The van der Waals surface area contributed by atoms with E-state index in [1.54, 1.807) is 13.8 Å². The van der Waals surface area contributed by atoms with Crippen molar-refractivity contribution in [1.82, 2.24) is 10.2 Å². The maximum Gasteiger partial charge on any atom is 0.303 e. The van der Waals surface area contributed by atoms with Crippen LogP contribution in [0.3, 0.4) is 0 Å². The first-order chi connectivity index (χ1) is 23.0. The van der Waals surface area contributed by atoms with E-state index in [1.807, 2.05) is 0 Å². The van der Waals surface area contributed by atoms with E-state index in [4.69, 9.17) is 18.9 Å². The van der Waals surface area contributed by atoms with Crippen LogP contribution in [0.5, 0.6) is 0 Å². The first kappa shape index (κ1) is 35.2. The highest BCUT2D eigenvalue weighted by Gasteiger charge is 2.84. The van der Waals surface area contributed by atoms with E-state index < -0.39 is 29.9 Å². The van der Waals surface area contributed by atoms with Crippen molar-refractivity contribution in [3.05, 3.63) is 0 Å². The van der Waals surface area contributed by atoms with Gasteiger partial charge in [-0.15, -0.1) is 0 Å². The summed E-state index contributed by atoms with van der Waals surface area (Å²) in [5.41, 5.74) is -0.906. The zero-order chi connectivity index (χ0) is 34.9. The summed E-state index contributed by atoms with van der Waals surface area (Å²) < 4.78 is 25.8. The molecule has 5 aliphatic carbocycles. The van der Waals surface area contributed by atoms with Gasteiger partial charge in [-0.25, -0.2) is 0 Å². The van der Waals surface area contributed by atoms with E-state index in [2.05, 4.69) is 44.8 Å². The molecule has 8 aliphatic rings. The van der Waals surface area contributed by atoms with E-state index in [0.717, 1.165) is 64.5 Å². The smallest absolute Gasteiger partial charge is 0.303 e. The van der Waals surface area contributed by atoms with Gasteiger partial charge in [0.25, 0.3) is 0 Å². The maximum atomic E-state index is 12.6. The maximum absolute atomic E-state index is 12.6. The van der Waals surface area contributed by atoms with E-state index in [9.17, 15) is 15.0 Å². The van der Waals surface area contributed by atoms with Gasteiger partial charge in [-0.2, -0.15) is 0 Å². The van der Waals surface area contributed by atoms with Crippen LogP contribution in [-0.4, -0.2) is 103 Å². The summed E-state index contributed by atoms with van der Waals surface area (Å²) >= 11 is 0. The van der Waals surface area contributed by atoms with Crippen LogP contribution in [0.2, 0.25) is 0 Å². The highest BCUT2D eigenvalue weighted by Crippen LogP contribution is 2.89.